The summed E-state index contributed by atoms with van der Waals surface area (Å²) >= 11 is 7.41. The third kappa shape index (κ3) is 4.25. The molecular formula is C15H19ClN4S. The van der Waals surface area contributed by atoms with Crippen LogP contribution in [-0.2, 0) is 0 Å². The van der Waals surface area contributed by atoms with Crippen molar-refractivity contribution in [1.29, 1.82) is 0 Å². The first-order chi connectivity index (χ1) is 10.1. The zero-order chi connectivity index (χ0) is 15.2. The van der Waals surface area contributed by atoms with E-state index in [0.29, 0.717) is 5.69 Å². The highest BCUT2D eigenvalue weighted by molar-refractivity contribution is 7.99. The van der Waals surface area contributed by atoms with Crippen molar-refractivity contribution in [3.63, 3.8) is 0 Å². The lowest BCUT2D eigenvalue weighted by atomic mass is 10.3. The minimum atomic E-state index is 0.621. The molecule has 0 atom stereocenters. The van der Waals surface area contributed by atoms with E-state index >= 15 is 0 Å². The highest BCUT2D eigenvalue weighted by Gasteiger charge is 2.12. The Labute approximate surface area is 134 Å². The molecule has 0 fully saturated rings. The molecule has 0 unspecified atom stereocenters. The van der Waals surface area contributed by atoms with Crippen molar-refractivity contribution in [3.8, 4) is 0 Å². The van der Waals surface area contributed by atoms with Gasteiger partial charge in [0.05, 0.1) is 0 Å². The van der Waals surface area contributed by atoms with Crippen molar-refractivity contribution < 1.29 is 0 Å². The van der Waals surface area contributed by atoms with Crippen molar-refractivity contribution in [2.75, 3.05) is 24.2 Å². The maximum atomic E-state index is 6.22. The van der Waals surface area contributed by atoms with Gasteiger partial charge in [-0.25, -0.2) is 9.97 Å². The summed E-state index contributed by atoms with van der Waals surface area (Å²) in [5.41, 5.74) is 6.84. The van der Waals surface area contributed by atoms with Gasteiger partial charge in [-0.1, -0.05) is 36.7 Å². The van der Waals surface area contributed by atoms with Crippen LogP contribution in [-0.4, -0.2) is 23.6 Å². The van der Waals surface area contributed by atoms with E-state index in [1.165, 1.54) is 11.8 Å². The molecule has 6 heteroatoms. The minimum Gasteiger partial charge on any atom is -0.394 e. The maximum absolute atomic E-state index is 6.22. The topological polar surface area (TPSA) is 55.0 Å². The summed E-state index contributed by atoms with van der Waals surface area (Å²) in [6.07, 6.45) is 3.81. The normalized spacial score (nSPS) is 10.6. The molecule has 112 valence electrons. The van der Waals surface area contributed by atoms with Gasteiger partial charge in [0.1, 0.15) is 17.0 Å². The van der Waals surface area contributed by atoms with Crippen LogP contribution in [0.15, 0.2) is 40.5 Å². The second kappa shape index (κ2) is 7.52. The fourth-order valence-corrected chi connectivity index (χ4v) is 2.79. The number of halogens is 1. The summed E-state index contributed by atoms with van der Waals surface area (Å²) in [7, 11) is 2.01. The number of rotatable bonds is 6. The molecule has 0 aliphatic carbocycles. The van der Waals surface area contributed by atoms with E-state index in [1.54, 1.807) is 6.33 Å². The van der Waals surface area contributed by atoms with Gasteiger partial charge in [-0.15, -0.1) is 0 Å². The zero-order valence-corrected chi connectivity index (χ0v) is 13.8. The van der Waals surface area contributed by atoms with E-state index in [2.05, 4.69) is 21.8 Å². The van der Waals surface area contributed by atoms with Crippen LogP contribution in [0.1, 0.15) is 19.8 Å². The molecular weight excluding hydrogens is 304 g/mol. The third-order valence-corrected chi connectivity index (χ3v) is 4.34. The predicted octanol–water partition coefficient (Wildman–Crippen LogP) is 4.10. The molecule has 1 heterocycles. The Morgan fingerprint density at radius 3 is 2.62 bits per heavy atom. The molecule has 0 saturated heterocycles. The molecule has 1 aromatic carbocycles. The maximum Gasteiger partial charge on any atom is 0.156 e. The van der Waals surface area contributed by atoms with Crippen LogP contribution in [0.3, 0.4) is 0 Å². The van der Waals surface area contributed by atoms with Gasteiger partial charge >= 0.3 is 0 Å². The standard InChI is InChI=1S/C15H19ClN4S/c1-3-4-9-20(2)14-13(17)15(19-10-18-14)21-12-7-5-11(16)6-8-12/h5-8,10H,3-4,9,17H2,1-2H3. The van der Waals surface area contributed by atoms with Gasteiger partial charge in [0, 0.05) is 23.5 Å². The van der Waals surface area contributed by atoms with Gasteiger partial charge < -0.3 is 10.6 Å². The van der Waals surface area contributed by atoms with Crippen LogP contribution in [0.5, 0.6) is 0 Å². The monoisotopic (exact) mass is 322 g/mol. The number of nitrogens with zero attached hydrogens (tertiary/aromatic N) is 3. The zero-order valence-electron chi connectivity index (χ0n) is 12.2. The van der Waals surface area contributed by atoms with Gasteiger partial charge in [0.15, 0.2) is 5.82 Å². The Kier molecular flexibility index (Phi) is 5.70. The molecule has 0 spiro atoms. The third-order valence-electron chi connectivity index (χ3n) is 3.06. The second-order valence-corrected chi connectivity index (χ2v) is 6.25. The van der Waals surface area contributed by atoms with Crippen LogP contribution < -0.4 is 10.6 Å². The Balaban J connectivity index is 2.19. The first-order valence-corrected chi connectivity index (χ1v) is 8.06. The number of nitrogen functional groups attached to an aromatic ring is 1. The number of hydrogen-bond acceptors (Lipinski definition) is 5. The fourth-order valence-electron chi connectivity index (χ4n) is 1.87. The van der Waals surface area contributed by atoms with Crippen LogP contribution in [0.25, 0.3) is 0 Å². The Morgan fingerprint density at radius 1 is 1.24 bits per heavy atom. The molecule has 2 N–H and O–H groups in total. The number of aromatic nitrogens is 2. The minimum absolute atomic E-state index is 0.621. The molecule has 0 radical (unpaired) electrons. The van der Waals surface area contributed by atoms with Crippen LogP contribution in [0.2, 0.25) is 5.02 Å². The molecule has 0 amide bonds. The predicted molar refractivity (Wildman–Crippen MR) is 90.2 cm³/mol. The summed E-state index contributed by atoms with van der Waals surface area (Å²) in [5.74, 6) is 0.787. The first-order valence-electron chi connectivity index (χ1n) is 6.87. The Morgan fingerprint density at radius 2 is 1.95 bits per heavy atom. The number of unbranched alkanes of at least 4 members (excludes halogenated alkanes) is 1. The largest absolute Gasteiger partial charge is 0.394 e. The lowest BCUT2D eigenvalue weighted by Crippen LogP contribution is -2.21. The van der Waals surface area contributed by atoms with Crippen molar-refractivity contribution in [2.24, 2.45) is 0 Å². The van der Waals surface area contributed by atoms with Gasteiger partial charge in [0.25, 0.3) is 0 Å². The molecule has 0 saturated carbocycles. The highest BCUT2D eigenvalue weighted by Crippen LogP contribution is 2.34. The smallest absolute Gasteiger partial charge is 0.156 e. The fraction of sp³-hybridized carbons (Fsp3) is 0.333. The quantitative estimate of drug-likeness (QED) is 0.811. The van der Waals surface area contributed by atoms with Gasteiger partial charge in [0.2, 0.25) is 0 Å². The number of nitrogens with two attached hydrogens (primary N) is 1. The van der Waals surface area contributed by atoms with E-state index in [1.807, 2.05) is 31.3 Å². The van der Waals surface area contributed by atoms with Crippen molar-refractivity contribution in [2.45, 2.75) is 29.7 Å². The van der Waals surface area contributed by atoms with Gasteiger partial charge in [-0.05, 0) is 30.7 Å². The average molecular weight is 323 g/mol. The first kappa shape index (κ1) is 15.9. The molecule has 1 aromatic heterocycles. The lowest BCUT2D eigenvalue weighted by Gasteiger charge is -2.20. The highest BCUT2D eigenvalue weighted by atomic mass is 35.5. The Hall–Kier alpha value is -1.46. The van der Waals surface area contributed by atoms with Crippen molar-refractivity contribution in [3.05, 3.63) is 35.6 Å². The van der Waals surface area contributed by atoms with Gasteiger partial charge in [-0.2, -0.15) is 0 Å². The molecule has 0 bridgehead atoms. The summed E-state index contributed by atoms with van der Waals surface area (Å²) in [4.78, 5) is 11.7. The van der Waals surface area contributed by atoms with E-state index in [4.69, 9.17) is 17.3 Å². The van der Waals surface area contributed by atoms with E-state index < -0.39 is 0 Å². The molecule has 0 aliphatic rings. The average Bonchev–Trinajstić information content (AvgIpc) is 2.49. The summed E-state index contributed by atoms with van der Waals surface area (Å²) in [6, 6.07) is 7.62. The molecule has 21 heavy (non-hydrogen) atoms. The molecule has 2 rings (SSSR count). The second-order valence-electron chi connectivity index (χ2n) is 4.75. The van der Waals surface area contributed by atoms with Crippen molar-refractivity contribution in [1.82, 2.24) is 9.97 Å². The Bertz CT molecular complexity index is 589. The van der Waals surface area contributed by atoms with E-state index in [9.17, 15) is 0 Å². The molecule has 2 aromatic rings. The number of benzene rings is 1. The van der Waals surface area contributed by atoms with Crippen LogP contribution in [0.4, 0.5) is 11.5 Å². The lowest BCUT2D eigenvalue weighted by molar-refractivity contribution is 0.757. The van der Waals surface area contributed by atoms with Crippen molar-refractivity contribution >= 4 is 34.9 Å². The van der Waals surface area contributed by atoms with Crippen LogP contribution in [0, 0.1) is 0 Å². The van der Waals surface area contributed by atoms with Gasteiger partial charge in [-0.3, -0.25) is 0 Å². The number of hydrogen-bond donors (Lipinski definition) is 1. The molecule has 4 nitrogen and oxygen atoms in total. The van der Waals surface area contributed by atoms with E-state index in [0.717, 1.165) is 40.1 Å². The van der Waals surface area contributed by atoms with Crippen LogP contribution >= 0.6 is 23.4 Å². The number of anilines is 2. The SMILES string of the molecule is CCCCN(C)c1ncnc(Sc2ccc(Cl)cc2)c1N. The summed E-state index contributed by atoms with van der Waals surface area (Å²) in [6.45, 7) is 3.10. The molecule has 0 aliphatic heterocycles. The summed E-state index contributed by atoms with van der Waals surface area (Å²) in [5, 5.41) is 1.49. The summed E-state index contributed by atoms with van der Waals surface area (Å²) < 4.78 is 0. The van der Waals surface area contributed by atoms with E-state index in [-0.39, 0.29) is 0 Å².